The maximum Gasteiger partial charge on any atom is 0.323 e. The highest BCUT2D eigenvalue weighted by Crippen LogP contribution is 2.35. The third-order valence-electron chi connectivity index (χ3n) is 4.61. The number of ether oxygens (including phenoxy) is 1. The predicted octanol–water partition coefficient (Wildman–Crippen LogP) is 3.97. The number of esters is 1. The van der Waals surface area contributed by atoms with Crippen molar-refractivity contribution in [3.63, 3.8) is 0 Å². The average Bonchev–Trinajstić information content (AvgIpc) is 2.97. The van der Waals surface area contributed by atoms with E-state index >= 15 is 0 Å². The molecule has 1 aromatic rings. The van der Waals surface area contributed by atoms with Crippen LogP contribution >= 0.6 is 0 Å². The summed E-state index contributed by atoms with van der Waals surface area (Å²) in [7, 11) is 0. The zero-order valence-electron chi connectivity index (χ0n) is 13.7. The second-order valence-electron chi connectivity index (χ2n) is 5.94. The van der Waals surface area contributed by atoms with Crippen molar-refractivity contribution in [2.45, 2.75) is 45.2 Å². The van der Waals surface area contributed by atoms with Crippen LogP contribution in [0.3, 0.4) is 0 Å². The number of carbonyl (C=O) groups is 1. The highest BCUT2D eigenvalue weighted by atomic mass is 16.5. The number of hydrogen-bond acceptors (Lipinski definition) is 3. The quantitative estimate of drug-likeness (QED) is 0.564. The van der Waals surface area contributed by atoms with E-state index in [9.17, 15) is 4.79 Å². The van der Waals surface area contributed by atoms with Crippen molar-refractivity contribution >= 4 is 5.97 Å². The van der Waals surface area contributed by atoms with Crippen LogP contribution in [-0.4, -0.2) is 30.1 Å². The standard InChI is InChI=1S/C19H27NO2/c1-4-6-10-17-13-14-20(18(17)19(21)22-5-2)15(3)16-11-8-7-9-12-16/h4,7-9,11-12,15,17-18H,1,5-6,10,13-14H2,2-3H3/t15-,17+,18-/m0/s1. The molecule has 0 N–H and O–H groups in total. The van der Waals surface area contributed by atoms with E-state index in [0.717, 1.165) is 25.8 Å². The minimum absolute atomic E-state index is 0.0724. The molecule has 0 saturated carbocycles. The molecule has 3 nitrogen and oxygen atoms in total. The predicted molar refractivity (Wildman–Crippen MR) is 89.5 cm³/mol. The Hall–Kier alpha value is -1.61. The Labute approximate surface area is 134 Å². The fourth-order valence-corrected chi connectivity index (χ4v) is 3.43. The van der Waals surface area contributed by atoms with E-state index in [0.29, 0.717) is 12.5 Å². The van der Waals surface area contributed by atoms with E-state index < -0.39 is 0 Å². The monoisotopic (exact) mass is 301 g/mol. The SMILES string of the molecule is C=CCC[C@@H]1CCN([C@@H](C)c2ccccc2)[C@@H]1C(=O)OCC. The molecule has 0 spiro atoms. The third kappa shape index (κ3) is 3.77. The molecule has 2 rings (SSSR count). The van der Waals surface area contributed by atoms with Crippen LogP contribution < -0.4 is 0 Å². The van der Waals surface area contributed by atoms with E-state index in [1.54, 1.807) is 0 Å². The summed E-state index contributed by atoms with van der Waals surface area (Å²) in [5.74, 6) is 0.292. The lowest BCUT2D eigenvalue weighted by Crippen LogP contribution is -2.42. The zero-order chi connectivity index (χ0) is 15.9. The van der Waals surface area contributed by atoms with Gasteiger partial charge in [-0.2, -0.15) is 0 Å². The van der Waals surface area contributed by atoms with Crippen molar-refractivity contribution in [2.24, 2.45) is 5.92 Å². The molecule has 120 valence electrons. The largest absolute Gasteiger partial charge is 0.465 e. The molecule has 1 fully saturated rings. The molecular formula is C19H27NO2. The first-order chi connectivity index (χ1) is 10.7. The molecular weight excluding hydrogens is 274 g/mol. The summed E-state index contributed by atoms with van der Waals surface area (Å²) in [5, 5.41) is 0. The van der Waals surface area contributed by atoms with Gasteiger partial charge >= 0.3 is 5.97 Å². The Morgan fingerprint density at radius 2 is 2.18 bits per heavy atom. The summed E-state index contributed by atoms with van der Waals surface area (Å²) in [4.78, 5) is 14.8. The van der Waals surface area contributed by atoms with Crippen LogP contribution in [0.25, 0.3) is 0 Å². The lowest BCUT2D eigenvalue weighted by atomic mass is 9.94. The molecule has 1 aliphatic heterocycles. The first-order valence-corrected chi connectivity index (χ1v) is 8.27. The maximum atomic E-state index is 12.5. The van der Waals surface area contributed by atoms with Crippen LogP contribution in [0.15, 0.2) is 43.0 Å². The number of rotatable bonds is 7. The summed E-state index contributed by atoms with van der Waals surface area (Å²) in [6.07, 6.45) is 4.94. The van der Waals surface area contributed by atoms with Crippen molar-refractivity contribution in [1.29, 1.82) is 0 Å². The van der Waals surface area contributed by atoms with E-state index in [1.807, 2.05) is 19.1 Å². The Bertz CT molecular complexity index is 485. The lowest BCUT2D eigenvalue weighted by molar-refractivity contribution is -0.150. The van der Waals surface area contributed by atoms with Gasteiger partial charge in [-0.25, -0.2) is 0 Å². The summed E-state index contributed by atoms with van der Waals surface area (Å²) < 4.78 is 5.35. The van der Waals surface area contributed by atoms with Gasteiger partial charge in [0.2, 0.25) is 0 Å². The smallest absolute Gasteiger partial charge is 0.323 e. The minimum Gasteiger partial charge on any atom is -0.465 e. The molecule has 1 aromatic carbocycles. The Kier molecular flexibility index (Phi) is 6.20. The van der Waals surface area contributed by atoms with Gasteiger partial charge in [0, 0.05) is 6.04 Å². The minimum atomic E-state index is -0.130. The third-order valence-corrected chi connectivity index (χ3v) is 4.61. The van der Waals surface area contributed by atoms with Crippen molar-refractivity contribution < 1.29 is 9.53 Å². The van der Waals surface area contributed by atoms with E-state index in [2.05, 4.69) is 42.7 Å². The average molecular weight is 301 g/mol. The van der Waals surface area contributed by atoms with Crippen LogP contribution in [-0.2, 0) is 9.53 Å². The molecule has 0 amide bonds. The first kappa shape index (κ1) is 16.8. The maximum absolute atomic E-state index is 12.5. The summed E-state index contributed by atoms with van der Waals surface area (Å²) in [6, 6.07) is 10.5. The molecule has 0 unspecified atom stereocenters. The zero-order valence-corrected chi connectivity index (χ0v) is 13.7. The molecule has 3 atom stereocenters. The van der Waals surface area contributed by atoms with Crippen LogP contribution in [0, 0.1) is 5.92 Å². The molecule has 1 saturated heterocycles. The van der Waals surface area contributed by atoms with Crippen molar-refractivity contribution in [2.75, 3.05) is 13.2 Å². The van der Waals surface area contributed by atoms with Gasteiger partial charge in [-0.15, -0.1) is 6.58 Å². The molecule has 22 heavy (non-hydrogen) atoms. The summed E-state index contributed by atoms with van der Waals surface area (Å²) in [6.45, 7) is 9.24. The topological polar surface area (TPSA) is 29.5 Å². The second kappa shape index (κ2) is 8.14. The number of likely N-dealkylation sites (tertiary alicyclic amines) is 1. The van der Waals surface area contributed by atoms with Gasteiger partial charge in [0.15, 0.2) is 0 Å². The van der Waals surface area contributed by atoms with E-state index in [1.165, 1.54) is 5.56 Å². The fraction of sp³-hybridized carbons (Fsp3) is 0.526. The number of carbonyl (C=O) groups excluding carboxylic acids is 1. The van der Waals surface area contributed by atoms with Gasteiger partial charge in [0.05, 0.1) is 6.61 Å². The first-order valence-electron chi connectivity index (χ1n) is 8.27. The van der Waals surface area contributed by atoms with Crippen molar-refractivity contribution in [3.8, 4) is 0 Å². The molecule has 0 bridgehead atoms. The van der Waals surface area contributed by atoms with Gasteiger partial charge in [-0.1, -0.05) is 36.4 Å². The molecule has 1 aliphatic rings. The molecule has 1 heterocycles. The molecule has 0 aliphatic carbocycles. The highest BCUT2D eigenvalue weighted by molar-refractivity contribution is 5.76. The van der Waals surface area contributed by atoms with E-state index in [-0.39, 0.29) is 18.1 Å². The van der Waals surface area contributed by atoms with Gasteiger partial charge in [-0.05, 0) is 51.1 Å². The van der Waals surface area contributed by atoms with Crippen LogP contribution in [0.4, 0.5) is 0 Å². The van der Waals surface area contributed by atoms with Crippen molar-refractivity contribution in [3.05, 3.63) is 48.6 Å². The Morgan fingerprint density at radius 1 is 1.45 bits per heavy atom. The number of nitrogens with zero attached hydrogens (tertiary/aromatic N) is 1. The number of benzene rings is 1. The second-order valence-corrected chi connectivity index (χ2v) is 5.94. The lowest BCUT2D eigenvalue weighted by Gasteiger charge is -2.31. The Morgan fingerprint density at radius 3 is 2.82 bits per heavy atom. The molecule has 3 heteroatoms. The van der Waals surface area contributed by atoms with Gasteiger partial charge in [-0.3, -0.25) is 9.69 Å². The summed E-state index contributed by atoms with van der Waals surface area (Å²) >= 11 is 0. The highest BCUT2D eigenvalue weighted by Gasteiger charge is 2.41. The van der Waals surface area contributed by atoms with Crippen LogP contribution in [0.5, 0.6) is 0 Å². The van der Waals surface area contributed by atoms with Crippen LogP contribution in [0.1, 0.15) is 44.7 Å². The fourth-order valence-electron chi connectivity index (χ4n) is 3.43. The molecule has 0 radical (unpaired) electrons. The van der Waals surface area contributed by atoms with Gasteiger partial charge in [0.25, 0.3) is 0 Å². The number of hydrogen-bond donors (Lipinski definition) is 0. The van der Waals surface area contributed by atoms with E-state index in [4.69, 9.17) is 4.74 Å². The Balaban J connectivity index is 2.17. The van der Waals surface area contributed by atoms with Crippen LogP contribution in [0.2, 0.25) is 0 Å². The molecule has 0 aromatic heterocycles. The van der Waals surface area contributed by atoms with Crippen molar-refractivity contribution in [1.82, 2.24) is 4.90 Å². The van der Waals surface area contributed by atoms with Gasteiger partial charge in [0.1, 0.15) is 6.04 Å². The number of allylic oxidation sites excluding steroid dienone is 1. The van der Waals surface area contributed by atoms with Gasteiger partial charge < -0.3 is 4.74 Å². The normalized spacial score (nSPS) is 23.2. The summed E-state index contributed by atoms with van der Waals surface area (Å²) in [5.41, 5.74) is 1.25.